The molecular weight excluding hydrogens is 450 g/mol. The Bertz CT molecular complexity index is 1140. The number of phenolic OH excluding ortho intramolecular Hbond substituents is 1. The summed E-state index contributed by atoms with van der Waals surface area (Å²) in [6.07, 6.45) is 1.71. The summed E-state index contributed by atoms with van der Waals surface area (Å²) in [6, 6.07) is 16.1. The van der Waals surface area contributed by atoms with Gasteiger partial charge in [-0.2, -0.15) is 0 Å². The molecule has 0 unspecified atom stereocenters. The van der Waals surface area contributed by atoms with E-state index in [0.717, 1.165) is 37.3 Å². The maximum absolute atomic E-state index is 12.0. The van der Waals surface area contributed by atoms with Gasteiger partial charge in [-0.05, 0) is 68.8 Å². The lowest BCUT2D eigenvalue weighted by Gasteiger charge is -2.20. The molecule has 0 radical (unpaired) electrons. The number of ether oxygens (including phenoxy) is 1. The molecule has 0 saturated heterocycles. The van der Waals surface area contributed by atoms with E-state index in [1.165, 1.54) is 23.5 Å². The fraction of sp³-hybridized carbons (Fsp3) is 0.320. The molecule has 3 rings (SSSR count). The van der Waals surface area contributed by atoms with Gasteiger partial charge in [0.25, 0.3) is 0 Å². The van der Waals surface area contributed by atoms with Gasteiger partial charge < -0.3 is 14.7 Å². The lowest BCUT2D eigenvalue weighted by molar-refractivity contribution is 0.0496. The average Bonchev–Trinajstić information content (AvgIpc) is 3.31. The second kappa shape index (κ2) is 12.6. The summed E-state index contributed by atoms with van der Waals surface area (Å²) in [5, 5.41) is 28.4. The quantitative estimate of drug-likeness (QED) is 0.171. The van der Waals surface area contributed by atoms with Crippen molar-refractivity contribution < 1.29 is 14.6 Å². The lowest BCUT2D eigenvalue weighted by Crippen LogP contribution is -2.21. The molecule has 0 atom stereocenters. The molecule has 0 aliphatic rings. The molecule has 0 spiro atoms. The van der Waals surface area contributed by atoms with Crippen molar-refractivity contribution in [2.45, 2.75) is 33.6 Å². The standard InChI is InChI=1S/C25H29N5O3S/c1-4-7-16-33-25(32)21-13-10-19(17-22(21)31)27-29-24-15-14-23(34-24)28-26-18-8-11-20(12-9-18)30(5-2)6-3/h8-15,17,31H,4-7,16H2,1-3H3. The highest BCUT2D eigenvalue weighted by Gasteiger charge is 2.13. The van der Waals surface area contributed by atoms with E-state index in [-0.39, 0.29) is 11.3 Å². The number of thiophene rings is 1. The van der Waals surface area contributed by atoms with Gasteiger partial charge in [-0.1, -0.05) is 24.7 Å². The van der Waals surface area contributed by atoms with E-state index in [2.05, 4.69) is 39.2 Å². The Morgan fingerprint density at radius 1 is 0.882 bits per heavy atom. The molecule has 0 saturated carbocycles. The third-order valence-corrected chi connectivity index (χ3v) is 5.87. The summed E-state index contributed by atoms with van der Waals surface area (Å²) >= 11 is 1.34. The van der Waals surface area contributed by atoms with Crippen molar-refractivity contribution in [3.63, 3.8) is 0 Å². The van der Waals surface area contributed by atoms with Gasteiger partial charge in [0.05, 0.1) is 18.0 Å². The Hall–Kier alpha value is -3.59. The molecule has 9 heteroatoms. The molecule has 8 nitrogen and oxygen atoms in total. The van der Waals surface area contributed by atoms with Crippen LogP contribution in [0.5, 0.6) is 5.75 Å². The van der Waals surface area contributed by atoms with Gasteiger partial charge in [-0.25, -0.2) is 4.79 Å². The number of carbonyl (C=O) groups excluding carboxylic acids is 1. The van der Waals surface area contributed by atoms with E-state index in [0.29, 0.717) is 22.3 Å². The number of azo groups is 2. The lowest BCUT2D eigenvalue weighted by atomic mass is 10.2. The number of anilines is 1. The topological polar surface area (TPSA) is 99.2 Å². The second-order valence-corrected chi connectivity index (χ2v) is 8.43. The molecule has 1 aromatic heterocycles. The van der Waals surface area contributed by atoms with Gasteiger partial charge in [0, 0.05) is 24.8 Å². The minimum Gasteiger partial charge on any atom is -0.507 e. The third-order valence-electron chi connectivity index (χ3n) is 5.02. The van der Waals surface area contributed by atoms with Gasteiger partial charge >= 0.3 is 5.97 Å². The number of esters is 1. The van der Waals surface area contributed by atoms with Crippen LogP contribution in [0.15, 0.2) is 75.1 Å². The van der Waals surface area contributed by atoms with Crippen LogP contribution in [0.2, 0.25) is 0 Å². The van der Waals surface area contributed by atoms with Crippen LogP contribution in [0.4, 0.5) is 27.1 Å². The van der Waals surface area contributed by atoms with Crippen molar-refractivity contribution in [1.82, 2.24) is 0 Å². The number of benzene rings is 2. The molecule has 0 aliphatic heterocycles. The molecule has 3 aromatic rings. The molecule has 34 heavy (non-hydrogen) atoms. The molecule has 2 aromatic carbocycles. The fourth-order valence-electron chi connectivity index (χ4n) is 3.10. The van der Waals surface area contributed by atoms with Crippen LogP contribution in [0, 0.1) is 0 Å². The van der Waals surface area contributed by atoms with Gasteiger partial charge in [0.15, 0.2) is 0 Å². The minimum atomic E-state index is -0.551. The smallest absolute Gasteiger partial charge is 0.341 e. The van der Waals surface area contributed by atoms with Gasteiger partial charge in [0.2, 0.25) is 0 Å². The Labute approximate surface area is 203 Å². The van der Waals surface area contributed by atoms with Crippen molar-refractivity contribution in [2.24, 2.45) is 20.5 Å². The van der Waals surface area contributed by atoms with E-state index in [9.17, 15) is 9.90 Å². The van der Waals surface area contributed by atoms with Crippen LogP contribution in [-0.4, -0.2) is 30.8 Å². The van der Waals surface area contributed by atoms with E-state index in [1.54, 1.807) is 12.1 Å². The SMILES string of the molecule is CCCCOC(=O)c1ccc(N=Nc2ccc(N=Nc3ccc(N(CC)CC)cc3)s2)cc1O. The Balaban J connectivity index is 1.60. The van der Waals surface area contributed by atoms with Gasteiger partial charge in [0.1, 0.15) is 21.3 Å². The van der Waals surface area contributed by atoms with Crippen molar-refractivity contribution in [3.8, 4) is 5.75 Å². The van der Waals surface area contributed by atoms with Crippen molar-refractivity contribution >= 4 is 44.4 Å². The molecule has 1 heterocycles. The zero-order valence-corrected chi connectivity index (χ0v) is 20.5. The second-order valence-electron chi connectivity index (χ2n) is 7.39. The Morgan fingerprint density at radius 3 is 2.09 bits per heavy atom. The highest BCUT2D eigenvalue weighted by atomic mass is 32.1. The Kier molecular flexibility index (Phi) is 9.28. The molecular formula is C25H29N5O3S. The van der Waals surface area contributed by atoms with Gasteiger partial charge in [-0.3, -0.25) is 0 Å². The number of unbranched alkanes of at least 4 members (excludes halogenated alkanes) is 1. The number of phenols is 1. The maximum Gasteiger partial charge on any atom is 0.341 e. The van der Waals surface area contributed by atoms with Crippen LogP contribution in [-0.2, 0) is 4.74 Å². The number of carbonyl (C=O) groups is 1. The largest absolute Gasteiger partial charge is 0.507 e. The van der Waals surface area contributed by atoms with E-state index >= 15 is 0 Å². The number of rotatable bonds is 11. The van der Waals surface area contributed by atoms with Crippen LogP contribution < -0.4 is 4.90 Å². The normalized spacial score (nSPS) is 11.4. The van der Waals surface area contributed by atoms with Crippen LogP contribution >= 0.6 is 11.3 Å². The number of hydrogen-bond donors (Lipinski definition) is 1. The first-order chi connectivity index (χ1) is 16.5. The first kappa shape index (κ1) is 25.0. The molecule has 0 fully saturated rings. The predicted molar refractivity (Wildman–Crippen MR) is 136 cm³/mol. The summed E-state index contributed by atoms with van der Waals surface area (Å²) < 4.78 is 5.13. The number of hydrogen-bond acceptors (Lipinski definition) is 9. The molecule has 0 aliphatic carbocycles. The van der Waals surface area contributed by atoms with Crippen molar-refractivity contribution in [1.29, 1.82) is 0 Å². The highest BCUT2D eigenvalue weighted by Crippen LogP contribution is 2.34. The highest BCUT2D eigenvalue weighted by molar-refractivity contribution is 7.19. The predicted octanol–water partition coefficient (Wildman–Crippen LogP) is 8.09. The maximum atomic E-state index is 12.0. The first-order valence-electron chi connectivity index (χ1n) is 11.3. The monoisotopic (exact) mass is 479 g/mol. The fourth-order valence-corrected chi connectivity index (χ4v) is 3.75. The van der Waals surface area contributed by atoms with Gasteiger partial charge in [-0.15, -0.1) is 20.5 Å². The number of nitrogens with zero attached hydrogens (tertiary/aromatic N) is 5. The first-order valence-corrected chi connectivity index (χ1v) is 12.1. The van der Waals surface area contributed by atoms with Crippen LogP contribution in [0.1, 0.15) is 44.0 Å². The van der Waals surface area contributed by atoms with Crippen molar-refractivity contribution in [2.75, 3.05) is 24.6 Å². The van der Waals surface area contributed by atoms with Crippen molar-refractivity contribution in [3.05, 3.63) is 60.2 Å². The van der Waals surface area contributed by atoms with Crippen LogP contribution in [0.25, 0.3) is 0 Å². The molecule has 0 bridgehead atoms. The summed E-state index contributed by atoms with van der Waals surface area (Å²) in [4.78, 5) is 14.3. The zero-order chi connectivity index (χ0) is 24.3. The number of aromatic hydroxyl groups is 1. The third kappa shape index (κ3) is 6.95. The molecule has 1 N–H and O–H groups in total. The summed E-state index contributed by atoms with van der Waals surface area (Å²) in [6.45, 7) is 8.52. The minimum absolute atomic E-state index is 0.110. The summed E-state index contributed by atoms with van der Waals surface area (Å²) in [7, 11) is 0. The van der Waals surface area contributed by atoms with E-state index in [1.807, 2.05) is 37.3 Å². The molecule has 0 amide bonds. The Morgan fingerprint density at radius 2 is 1.50 bits per heavy atom. The van der Waals surface area contributed by atoms with E-state index in [4.69, 9.17) is 4.74 Å². The summed E-state index contributed by atoms with van der Waals surface area (Å²) in [5.41, 5.74) is 2.47. The summed E-state index contributed by atoms with van der Waals surface area (Å²) in [5.74, 6) is -0.740. The average molecular weight is 480 g/mol. The van der Waals surface area contributed by atoms with E-state index < -0.39 is 5.97 Å². The molecule has 178 valence electrons. The zero-order valence-electron chi connectivity index (χ0n) is 19.6. The van der Waals surface area contributed by atoms with Crippen LogP contribution in [0.3, 0.4) is 0 Å².